The highest BCUT2D eigenvalue weighted by Crippen LogP contribution is 2.48. The standard InChI is InChI=1S/C12H20BrNOS/c1-11(3-2-8-16-11)10(15)14-9-12(4-5-12)6-7-13/h2-9H2,1H3,(H,14,15). The van der Waals surface area contributed by atoms with E-state index in [2.05, 4.69) is 28.2 Å². The average molecular weight is 306 g/mol. The lowest BCUT2D eigenvalue weighted by molar-refractivity contribution is -0.123. The van der Waals surface area contributed by atoms with Gasteiger partial charge in [0.2, 0.25) is 5.91 Å². The zero-order chi connectivity index (χ0) is 11.6. The molecule has 1 aliphatic carbocycles. The van der Waals surface area contributed by atoms with Gasteiger partial charge in [-0.25, -0.2) is 0 Å². The van der Waals surface area contributed by atoms with E-state index in [1.807, 2.05) is 11.8 Å². The summed E-state index contributed by atoms with van der Waals surface area (Å²) in [4.78, 5) is 12.1. The van der Waals surface area contributed by atoms with Gasteiger partial charge in [0, 0.05) is 11.9 Å². The van der Waals surface area contributed by atoms with Crippen molar-refractivity contribution < 1.29 is 4.79 Å². The summed E-state index contributed by atoms with van der Waals surface area (Å²) in [5.41, 5.74) is 0.429. The van der Waals surface area contributed by atoms with Crippen molar-refractivity contribution >= 4 is 33.6 Å². The quantitative estimate of drug-likeness (QED) is 0.791. The fourth-order valence-electron chi connectivity index (χ4n) is 2.31. The average Bonchev–Trinajstić information content (AvgIpc) is 2.88. The van der Waals surface area contributed by atoms with Gasteiger partial charge in [-0.1, -0.05) is 15.9 Å². The fourth-order valence-corrected chi connectivity index (χ4v) is 4.38. The third kappa shape index (κ3) is 2.76. The van der Waals surface area contributed by atoms with E-state index in [9.17, 15) is 4.79 Å². The van der Waals surface area contributed by atoms with Crippen LogP contribution in [0.15, 0.2) is 0 Å². The summed E-state index contributed by atoms with van der Waals surface area (Å²) in [6.07, 6.45) is 5.97. The maximum Gasteiger partial charge on any atom is 0.235 e. The maximum atomic E-state index is 12.1. The molecule has 1 amide bonds. The number of hydrogen-bond acceptors (Lipinski definition) is 2. The molecule has 1 saturated carbocycles. The van der Waals surface area contributed by atoms with Crippen molar-refractivity contribution in [1.82, 2.24) is 5.32 Å². The molecular weight excluding hydrogens is 286 g/mol. The van der Waals surface area contributed by atoms with Gasteiger partial charge in [0.1, 0.15) is 0 Å². The normalized spacial score (nSPS) is 31.4. The molecule has 1 heterocycles. The Kier molecular flexibility index (Phi) is 3.89. The monoisotopic (exact) mass is 305 g/mol. The molecule has 0 spiro atoms. The molecule has 2 nitrogen and oxygen atoms in total. The topological polar surface area (TPSA) is 29.1 Å². The Labute approximate surface area is 110 Å². The van der Waals surface area contributed by atoms with E-state index >= 15 is 0 Å². The molecule has 1 N–H and O–H groups in total. The molecule has 0 radical (unpaired) electrons. The lowest BCUT2D eigenvalue weighted by Crippen LogP contribution is -2.42. The molecule has 1 unspecified atom stereocenters. The zero-order valence-electron chi connectivity index (χ0n) is 9.85. The van der Waals surface area contributed by atoms with E-state index in [0.717, 1.165) is 24.0 Å². The number of rotatable bonds is 5. The second-order valence-corrected chi connectivity index (χ2v) is 7.70. The van der Waals surface area contributed by atoms with E-state index in [0.29, 0.717) is 5.41 Å². The molecule has 0 bridgehead atoms. The molecule has 1 aliphatic heterocycles. The molecule has 92 valence electrons. The lowest BCUT2D eigenvalue weighted by Gasteiger charge is -2.23. The van der Waals surface area contributed by atoms with Crippen molar-refractivity contribution in [2.45, 2.75) is 43.8 Å². The van der Waals surface area contributed by atoms with Gasteiger partial charge in [-0.15, -0.1) is 11.8 Å². The van der Waals surface area contributed by atoms with Crippen molar-refractivity contribution in [3.05, 3.63) is 0 Å². The van der Waals surface area contributed by atoms with Crippen molar-refractivity contribution in [3.8, 4) is 0 Å². The molecule has 4 heteroatoms. The van der Waals surface area contributed by atoms with Crippen LogP contribution in [0.2, 0.25) is 0 Å². The first-order chi connectivity index (χ1) is 7.60. The summed E-state index contributed by atoms with van der Waals surface area (Å²) in [5, 5.41) is 4.22. The highest BCUT2D eigenvalue weighted by atomic mass is 79.9. The second kappa shape index (κ2) is 4.89. The van der Waals surface area contributed by atoms with Crippen molar-refractivity contribution in [2.24, 2.45) is 5.41 Å². The zero-order valence-corrected chi connectivity index (χ0v) is 12.3. The predicted octanol–water partition coefficient (Wildman–Crippen LogP) is 2.95. The van der Waals surface area contributed by atoms with Crippen LogP contribution in [0.3, 0.4) is 0 Å². The van der Waals surface area contributed by atoms with E-state index in [1.54, 1.807) is 0 Å². The number of amides is 1. The van der Waals surface area contributed by atoms with Crippen LogP contribution in [0.1, 0.15) is 39.0 Å². The molecule has 0 aromatic heterocycles. The van der Waals surface area contributed by atoms with Crippen molar-refractivity contribution in [1.29, 1.82) is 0 Å². The van der Waals surface area contributed by atoms with E-state index in [-0.39, 0.29) is 10.7 Å². The predicted molar refractivity (Wildman–Crippen MR) is 73.2 cm³/mol. The highest BCUT2D eigenvalue weighted by molar-refractivity contribution is 9.09. The van der Waals surface area contributed by atoms with Gasteiger partial charge in [0.25, 0.3) is 0 Å². The SMILES string of the molecule is CC1(C(=O)NCC2(CCBr)CC2)CCCS1. The van der Waals surface area contributed by atoms with Crippen LogP contribution in [-0.2, 0) is 4.79 Å². The molecule has 0 aromatic rings. The molecule has 2 fully saturated rings. The Bertz CT molecular complexity index is 272. The van der Waals surface area contributed by atoms with Gasteiger partial charge in [0.05, 0.1) is 4.75 Å². The summed E-state index contributed by atoms with van der Waals surface area (Å²) < 4.78 is -0.148. The molecule has 0 aromatic carbocycles. The number of hydrogen-bond donors (Lipinski definition) is 1. The third-order valence-electron chi connectivity index (χ3n) is 3.90. The third-order valence-corrected chi connectivity index (χ3v) is 5.82. The van der Waals surface area contributed by atoms with Gasteiger partial charge < -0.3 is 5.32 Å². The van der Waals surface area contributed by atoms with Crippen LogP contribution in [0.4, 0.5) is 0 Å². The minimum atomic E-state index is -0.148. The first-order valence-electron chi connectivity index (χ1n) is 6.09. The van der Waals surface area contributed by atoms with E-state index < -0.39 is 0 Å². The number of carbonyl (C=O) groups is 1. The van der Waals surface area contributed by atoms with Crippen LogP contribution in [0, 0.1) is 5.41 Å². The molecule has 1 atom stereocenters. The lowest BCUT2D eigenvalue weighted by atomic mass is 10.0. The first kappa shape index (κ1) is 12.7. The van der Waals surface area contributed by atoms with Crippen molar-refractivity contribution in [2.75, 3.05) is 17.6 Å². The molecule has 2 aliphatic rings. The van der Waals surface area contributed by atoms with E-state index in [1.165, 1.54) is 25.7 Å². The molecule has 1 saturated heterocycles. The minimum Gasteiger partial charge on any atom is -0.354 e. The smallest absolute Gasteiger partial charge is 0.235 e. The fraction of sp³-hybridized carbons (Fsp3) is 0.917. The summed E-state index contributed by atoms with van der Waals surface area (Å²) in [6.45, 7) is 2.97. The van der Waals surface area contributed by atoms with Crippen LogP contribution in [0.25, 0.3) is 0 Å². The van der Waals surface area contributed by atoms with Gasteiger partial charge in [-0.3, -0.25) is 4.79 Å². The molecule has 16 heavy (non-hydrogen) atoms. The van der Waals surface area contributed by atoms with Crippen LogP contribution < -0.4 is 5.32 Å². The summed E-state index contributed by atoms with van der Waals surface area (Å²) in [5.74, 6) is 1.40. The van der Waals surface area contributed by atoms with Gasteiger partial charge >= 0.3 is 0 Å². The first-order valence-corrected chi connectivity index (χ1v) is 8.19. The number of thioether (sulfide) groups is 1. The molecule has 2 rings (SSSR count). The van der Waals surface area contributed by atoms with Crippen LogP contribution in [0.5, 0.6) is 0 Å². The van der Waals surface area contributed by atoms with Gasteiger partial charge in [-0.2, -0.15) is 0 Å². The Morgan fingerprint density at radius 1 is 1.44 bits per heavy atom. The van der Waals surface area contributed by atoms with Crippen LogP contribution >= 0.6 is 27.7 Å². The van der Waals surface area contributed by atoms with Gasteiger partial charge in [0.15, 0.2) is 0 Å². The van der Waals surface area contributed by atoms with Gasteiger partial charge in [-0.05, 0) is 50.2 Å². The van der Waals surface area contributed by atoms with Crippen LogP contribution in [-0.4, -0.2) is 28.3 Å². The number of halogens is 1. The number of alkyl halides is 1. The number of carbonyl (C=O) groups excluding carboxylic acids is 1. The highest BCUT2D eigenvalue weighted by Gasteiger charge is 2.43. The Balaban J connectivity index is 1.79. The summed E-state index contributed by atoms with van der Waals surface area (Å²) in [6, 6.07) is 0. The second-order valence-electron chi connectivity index (χ2n) is 5.30. The Morgan fingerprint density at radius 3 is 2.69 bits per heavy atom. The molecular formula is C12H20BrNOS. The Morgan fingerprint density at radius 2 is 2.19 bits per heavy atom. The van der Waals surface area contributed by atoms with Crippen molar-refractivity contribution in [3.63, 3.8) is 0 Å². The number of nitrogens with one attached hydrogen (secondary N) is 1. The Hall–Kier alpha value is 0.300. The van der Waals surface area contributed by atoms with E-state index in [4.69, 9.17) is 0 Å². The largest absolute Gasteiger partial charge is 0.354 e. The minimum absolute atomic E-state index is 0.148. The summed E-state index contributed by atoms with van der Waals surface area (Å²) >= 11 is 5.31. The summed E-state index contributed by atoms with van der Waals surface area (Å²) in [7, 11) is 0. The maximum absolute atomic E-state index is 12.1.